The number of rotatable bonds is 1. The van der Waals surface area contributed by atoms with Crippen LogP contribution >= 0.6 is 0 Å². The number of aromatic nitrogens is 1. The van der Waals surface area contributed by atoms with E-state index in [4.69, 9.17) is 5.11 Å². The summed E-state index contributed by atoms with van der Waals surface area (Å²) in [6, 6.07) is 3.44. The van der Waals surface area contributed by atoms with Crippen LogP contribution in [0.2, 0.25) is 0 Å². The minimum absolute atomic E-state index is 0.0129. The van der Waals surface area contributed by atoms with Gasteiger partial charge in [-0.3, -0.25) is 4.79 Å². The molecule has 1 aliphatic rings. The zero-order valence-corrected chi connectivity index (χ0v) is 10.4. The molecule has 4 heteroatoms. The van der Waals surface area contributed by atoms with Gasteiger partial charge in [-0.1, -0.05) is 18.8 Å². The number of aliphatic hydroxyl groups is 1. The second-order valence-corrected chi connectivity index (χ2v) is 4.54. The van der Waals surface area contributed by atoms with Crippen molar-refractivity contribution in [3.8, 4) is 11.8 Å². The number of amides is 1. The summed E-state index contributed by atoms with van der Waals surface area (Å²) in [6.07, 6.45) is 2.63. The van der Waals surface area contributed by atoms with Crippen molar-refractivity contribution < 1.29 is 9.90 Å². The molecule has 0 saturated carbocycles. The van der Waals surface area contributed by atoms with Gasteiger partial charge in [0.25, 0.3) is 5.91 Å². The lowest BCUT2D eigenvalue weighted by Crippen LogP contribution is -2.29. The van der Waals surface area contributed by atoms with Gasteiger partial charge in [-0.25, -0.2) is 4.98 Å². The third-order valence-corrected chi connectivity index (χ3v) is 3.01. The molecule has 2 rings (SSSR count). The second-order valence-electron chi connectivity index (χ2n) is 4.54. The Kier molecular flexibility index (Phi) is 3.96. The number of carbonyl (C=O) groups is 1. The molecule has 1 aromatic heterocycles. The van der Waals surface area contributed by atoms with Gasteiger partial charge in [0, 0.05) is 24.8 Å². The highest BCUT2D eigenvalue weighted by Crippen LogP contribution is 2.17. The predicted octanol–water partition coefficient (Wildman–Crippen LogP) is 0.907. The number of pyridine rings is 1. The molecule has 94 valence electrons. The first kappa shape index (κ1) is 12.6. The lowest BCUT2D eigenvalue weighted by atomic mass is 10.2. The summed E-state index contributed by atoms with van der Waals surface area (Å²) in [5.41, 5.74) is 1.16. The van der Waals surface area contributed by atoms with E-state index in [1.54, 1.807) is 18.3 Å². The fraction of sp³-hybridized carbons (Fsp3) is 0.429. The molecular weight excluding hydrogens is 228 g/mol. The summed E-state index contributed by atoms with van der Waals surface area (Å²) in [5.74, 6) is 5.85. The maximum Gasteiger partial charge on any atom is 0.272 e. The van der Waals surface area contributed by atoms with E-state index >= 15 is 0 Å². The maximum atomic E-state index is 12.1. The number of nitrogens with zero attached hydrogens (tertiary/aromatic N) is 2. The molecule has 1 aliphatic heterocycles. The second kappa shape index (κ2) is 5.65. The van der Waals surface area contributed by atoms with Crippen LogP contribution in [-0.2, 0) is 0 Å². The summed E-state index contributed by atoms with van der Waals surface area (Å²) in [5, 5.41) is 8.58. The zero-order chi connectivity index (χ0) is 13.0. The van der Waals surface area contributed by atoms with Crippen LogP contribution < -0.4 is 0 Å². The van der Waals surface area contributed by atoms with E-state index in [0.717, 1.165) is 19.5 Å². The van der Waals surface area contributed by atoms with Gasteiger partial charge in [-0.2, -0.15) is 0 Å². The summed E-state index contributed by atoms with van der Waals surface area (Å²) in [6.45, 7) is 3.60. The molecule has 0 spiro atoms. The third kappa shape index (κ3) is 2.88. The Morgan fingerprint density at radius 1 is 1.61 bits per heavy atom. The van der Waals surface area contributed by atoms with Crippen molar-refractivity contribution in [2.24, 2.45) is 5.92 Å². The van der Waals surface area contributed by atoms with Crippen LogP contribution in [0.15, 0.2) is 18.3 Å². The summed E-state index contributed by atoms with van der Waals surface area (Å²) >= 11 is 0. The number of carbonyl (C=O) groups excluding carboxylic acids is 1. The Morgan fingerprint density at radius 3 is 3.00 bits per heavy atom. The molecule has 0 bridgehead atoms. The van der Waals surface area contributed by atoms with Gasteiger partial charge >= 0.3 is 0 Å². The van der Waals surface area contributed by atoms with Crippen LogP contribution in [0, 0.1) is 17.8 Å². The van der Waals surface area contributed by atoms with Crippen molar-refractivity contribution in [1.29, 1.82) is 0 Å². The van der Waals surface area contributed by atoms with Crippen molar-refractivity contribution in [3.63, 3.8) is 0 Å². The van der Waals surface area contributed by atoms with E-state index in [9.17, 15) is 4.79 Å². The van der Waals surface area contributed by atoms with Crippen LogP contribution in [0.4, 0.5) is 0 Å². The van der Waals surface area contributed by atoms with E-state index in [1.165, 1.54) is 0 Å². The Hall–Kier alpha value is -1.86. The van der Waals surface area contributed by atoms with Crippen LogP contribution in [0.1, 0.15) is 29.4 Å². The van der Waals surface area contributed by atoms with E-state index in [1.807, 2.05) is 4.90 Å². The molecule has 1 N–H and O–H groups in total. The maximum absolute atomic E-state index is 12.1. The normalized spacial score (nSPS) is 18.3. The van der Waals surface area contributed by atoms with Crippen molar-refractivity contribution in [2.75, 3.05) is 19.7 Å². The fourth-order valence-electron chi connectivity index (χ4n) is 2.02. The first-order valence-corrected chi connectivity index (χ1v) is 6.05. The Bertz CT molecular complexity index is 485. The number of aliphatic hydroxyl groups excluding tert-OH is 1. The molecule has 1 atom stereocenters. The minimum Gasteiger partial charge on any atom is -0.384 e. The Labute approximate surface area is 107 Å². The van der Waals surface area contributed by atoms with E-state index < -0.39 is 0 Å². The molecule has 2 heterocycles. The zero-order valence-electron chi connectivity index (χ0n) is 10.4. The highest BCUT2D eigenvalue weighted by Gasteiger charge is 2.24. The summed E-state index contributed by atoms with van der Waals surface area (Å²) < 4.78 is 0. The molecule has 1 unspecified atom stereocenters. The summed E-state index contributed by atoms with van der Waals surface area (Å²) in [4.78, 5) is 18.1. The Morgan fingerprint density at radius 2 is 2.44 bits per heavy atom. The minimum atomic E-state index is -0.174. The van der Waals surface area contributed by atoms with Crippen molar-refractivity contribution in [1.82, 2.24) is 9.88 Å². The van der Waals surface area contributed by atoms with Gasteiger partial charge < -0.3 is 10.0 Å². The van der Waals surface area contributed by atoms with Gasteiger partial charge in [0.15, 0.2) is 0 Å². The monoisotopic (exact) mass is 244 g/mol. The third-order valence-electron chi connectivity index (χ3n) is 3.01. The van der Waals surface area contributed by atoms with E-state index in [-0.39, 0.29) is 12.5 Å². The summed E-state index contributed by atoms with van der Waals surface area (Å²) in [7, 11) is 0. The van der Waals surface area contributed by atoms with Gasteiger partial charge in [-0.15, -0.1) is 0 Å². The molecule has 0 aromatic carbocycles. The average molecular weight is 244 g/mol. The van der Waals surface area contributed by atoms with Gasteiger partial charge in [0.1, 0.15) is 12.3 Å². The molecule has 18 heavy (non-hydrogen) atoms. The van der Waals surface area contributed by atoms with Crippen LogP contribution in [0.25, 0.3) is 0 Å². The van der Waals surface area contributed by atoms with E-state index in [0.29, 0.717) is 17.2 Å². The predicted molar refractivity (Wildman–Crippen MR) is 67.9 cm³/mol. The van der Waals surface area contributed by atoms with Gasteiger partial charge in [0.05, 0.1) is 0 Å². The standard InChI is InChI=1S/C14H16N2O2/c1-11-6-7-16(10-11)14(18)13-5-4-12(9-15-13)3-2-8-17/h4-5,9,11,17H,6-8,10H2,1H3. The highest BCUT2D eigenvalue weighted by molar-refractivity contribution is 5.92. The Balaban J connectivity index is 2.07. The van der Waals surface area contributed by atoms with Crippen LogP contribution in [-0.4, -0.2) is 40.6 Å². The first-order chi connectivity index (χ1) is 8.70. The topological polar surface area (TPSA) is 53.4 Å². The number of hydrogen-bond donors (Lipinski definition) is 1. The number of likely N-dealkylation sites (tertiary alicyclic amines) is 1. The molecule has 1 amide bonds. The lowest BCUT2D eigenvalue weighted by molar-refractivity contribution is 0.0782. The molecule has 4 nitrogen and oxygen atoms in total. The lowest BCUT2D eigenvalue weighted by Gasteiger charge is -2.14. The molecule has 0 radical (unpaired) electrons. The quantitative estimate of drug-likeness (QED) is 0.747. The van der Waals surface area contributed by atoms with Gasteiger partial charge in [0.2, 0.25) is 0 Å². The van der Waals surface area contributed by atoms with Crippen LogP contribution in [0.5, 0.6) is 0 Å². The molecule has 1 saturated heterocycles. The van der Waals surface area contributed by atoms with E-state index in [2.05, 4.69) is 23.7 Å². The number of hydrogen-bond acceptors (Lipinski definition) is 3. The van der Waals surface area contributed by atoms with Crippen LogP contribution in [0.3, 0.4) is 0 Å². The van der Waals surface area contributed by atoms with Crippen molar-refractivity contribution in [3.05, 3.63) is 29.6 Å². The van der Waals surface area contributed by atoms with Gasteiger partial charge in [-0.05, 0) is 24.5 Å². The fourth-order valence-corrected chi connectivity index (χ4v) is 2.02. The SMILES string of the molecule is CC1CCN(C(=O)c2ccc(C#CCO)cn2)C1. The molecular formula is C14H16N2O2. The van der Waals surface area contributed by atoms with Crippen molar-refractivity contribution in [2.45, 2.75) is 13.3 Å². The average Bonchev–Trinajstić information content (AvgIpc) is 2.83. The molecule has 1 fully saturated rings. The highest BCUT2D eigenvalue weighted by atomic mass is 16.2. The largest absolute Gasteiger partial charge is 0.384 e. The molecule has 0 aliphatic carbocycles. The first-order valence-electron chi connectivity index (χ1n) is 6.05. The van der Waals surface area contributed by atoms with Crippen molar-refractivity contribution >= 4 is 5.91 Å². The smallest absolute Gasteiger partial charge is 0.272 e. The molecule has 1 aromatic rings.